The molecular formula is C41H51N3O8. The van der Waals surface area contributed by atoms with Gasteiger partial charge in [-0.3, -0.25) is 23.7 Å². The number of para-hydroxylation sites is 1. The number of rotatable bonds is 12. The standard InChI is InChI=1S/C41H51N3O8/c1-3-51-36(47)11-8-19-44-39(49)31-21-25-9-4-5-10-34(25)43(38(31)42-40(44)50)18-6-7-20-52-37(48)23-26-22-30-28-13-15-35(46)29(28)12-14-32(30)41(2)17-16-27(45)24-33(26)41/h4-5,9-10,21,24,26,28-30,32,35,46H,3,6-8,11-20,22-23H2,1-2H3/t26-,28?,29?,30?,32?,35-,41+/m0/s1. The van der Waals surface area contributed by atoms with Crippen LogP contribution in [0.15, 0.2) is 51.6 Å². The van der Waals surface area contributed by atoms with E-state index < -0.39 is 11.2 Å². The first kappa shape index (κ1) is 36.2. The van der Waals surface area contributed by atoms with Crippen molar-refractivity contribution in [2.24, 2.45) is 35.0 Å². The van der Waals surface area contributed by atoms with Crippen LogP contribution in [0.5, 0.6) is 0 Å². The van der Waals surface area contributed by atoms with Crippen LogP contribution in [0.1, 0.15) is 90.9 Å². The van der Waals surface area contributed by atoms with Gasteiger partial charge in [0.15, 0.2) is 11.6 Å². The van der Waals surface area contributed by atoms with Crippen LogP contribution in [0.2, 0.25) is 0 Å². The van der Waals surface area contributed by atoms with E-state index in [1.165, 1.54) is 0 Å². The summed E-state index contributed by atoms with van der Waals surface area (Å²) in [5.74, 6) is 1.57. The SMILES string of the molecule is CCOC(=O)CCCn1c(=O)nc2n(CCCCOC(=O)C[C@@H]3CC4C5CC[C@H](O)C5CCC4[C@@]4(C)CCC(=O)C=C34)c3ccccc3cc-2c1=O. The van der Waals surface area contributed by atoms with E-state index in [2.05, 4.69) is 11.9 Å². The Morgan fingerprint density at radius 2 is 1.73 bits per heavy atom. The molecule has 0 spiro atoms. The van der Waals surface area contributed by atoms with Crippen LogP contribution in [-0.2, 0) is 36.9 Å². The average molecular weight is 714 g/mol. The summed E-state index contributed by atoms with van der Waals surface area (Å²) >= 11 is 0. The molecule has 3 fully saturated rings. The number of unbranched alkanes of at least 4 members (excludes halogenated alkanes) is 1. The van der Waals surface area contributed by atoms with Crippen LogP contribution in [0, 0.1) is 35.0 Å². The van der Waals surface area contributed by atoms with Crippen molar-refractivity contribution < 1.29 is 29.0 Å². The van der Waals surface area contributed by atoms with Gasteiger partial charge in [-0.2, -0.15) is 4.98 Å². The number of hydrogen-bond donors (Lipinski definition) is 1. The van der Waals surface area contributed by atoms with Gasteiger partial charge in [-0.1, -0.05) is 30.7 Å². The second-order valence-electron chi connectivity index (χ2n) is 15.7. The summed E-state index contributed by atoms with van der Waals surface area (Å²) in [6.45, 7) is 5.08. The van der Waals surface area contributed by atoms with Crippen molar-refractivity contribution in [1.29, 1.82) is 0 Å². The number of ether oxygens (including phenoxy) is 2. The molecule has 4 aliphatic carbocycles. The molecule has 1 aromatic rings. The highest BCUT2D eigenvalue weighted by atomic mass is 16.5. The molecule has 0 saturated heterocycles. The lowest BCUT2D eigenvalue weighted by Crippen LogP contribution is -2.50. The molecule has 6 aliphatic rings. The maximum atomic E-state index is 13.5. The van der Waals surface area contributed by atoms with Crippen LogP contribution >= 0.6 is 0 Å². The summed E-state index contributed by atoms with van der Waals surface area (Å²) in [5, 5.41) is 11.5. The van der Waals surface area contributed by atoms with E-state index in [-0.39, 0.29) is 74.2 Å². The highest BCUT2D eigenvalue weighted by Crippen LogP contribution is 2.63. The van der Waals surface area contributed by atoms with Crippen LogP contribution in [0.25, 0.3) is 22.3 Å². The summed E-state index contributed by atoms with van der Waals surface area (Å²) in [5.41, 5.74) is 1.11. The third-order valence-electron chi connectivity index (χ3n) is 12.9. The Morgan fingerprint density at radius 1 is 0.942 bits per heavy atom. The number of ketones is 1. The van der Waals surface area contributed by atoms with E-state index in [4.69, 9.17) is 9.47 Å². The predicted molar refractivity (Wildman–Crippen MR) is 195 cm³/mol. The van der Waals surface area contributed by atoms with Crippen molar-refractivity contribution in [1.82, 2.24) is 14.1 Å². The molecule has 11 nitrogen and oxygen atoms in total. The second kappa shape index (κ2) is 15.1. The number of allylic oxidation sites excluding steroid dienone is 1. The Balaban J connectivity index is 1.01. The van der Waals surface area contributed by atoms with E-state index >= 15 is 0 Å². The summed E-state index contributed by atoms with van der Waals surface area (Å²) in [4.78, 5) is 68.7. The van der Waals surface area contributed by atoms with Crippen molar-refractivity contribution in [3.63, 3.8) is 0 Å². The molecule has 2 heterocycles. The molecule has 7 rings (SSSR count). The molecule has 52 heavy (non-hydrogen) atoms. The van der Waals surface area contributed by atoms with Crippen LogP contribution in [0.3, 0.4) is 0 Å². The first-order valence-corrected chi connectivity index (χ1v) is 19.4. The number of hydrogen-bond acceptors (Lipinski definition) is 9. The number of carbonyl (C=O) groups is 3. The molecular weight excluding hydrogens is 662 g/mol. The molecule has 0 amide bonds. The van der Waals surface area contributed by atoms with Gasteiger partial charge >= 0.3 is 17.6 Å². The smallest absolute Gasteiger partial charge is 0.352 e. The zero-order valence-corrected chi connectivity index (χ0v) is 30.4. The number of aryl methyl sites for hydroxylation is 1. The molecule has 7 atom stereocenters. The Morgan fingerprint density at radius 3 is 2.56 bits per heavy atom. The van der Waals surface area contributed by atoms with E-state index in [1.54, 1.807) is 13.0 Å². The summed E-state index contributed by atoms with van der Waals surface area (Å²) < 4.78 is 13.7. The maximum absolute atomic E-state index is 13.5. The number of esters is 2. The lowest BCUT2D eigenvalue weighted by molar-refractivity contribution is -0.146. The molecule has 0 aromatic heterocycles. The third-order valence-corrected chi connectivity index (χ3v) is 12.9. The lowest BCUT2D eigenvalue weighted by Gasteiger charge is -2.57. The van der Waals surface area contributed by atoms with Crippen LogP contribution in [-0.4, -0.2) is 56.3 Å². The Bertz CT molecular complexity index is 1960. The Labute approximate surface area is 303 Å². The largest absolute Gasteiger partial charge is 0.466 e. The molecule has 11 heteroatoms. The van der Waals surface area contributed by atoms with Crippen molar-refractivity contribution >= 4 is 28.6 Å². The van der Waals surface area contributed by atoms with Gasteiger partial charge in [-0.05, 0) is 123 Å². The number of nitrogens with zero attached hydrogens (tertiary/aromatic N) is 3. The number of benzene rings is 1. The minimum absolute atomic E-state index is 0.0290. The van der Waals surface area contributed by atoms with Gasteiger partial charge in [0.1, 0.15) is 0 Å². The topological polar surface area (TPSA) is 147 Å². The van der Waals surface area contributed by atoms with Gasteiger partial charge in [0.25, 0.3) is 5.56 Å². The Hall–Kier alpha value is -4.12. The normalized spacial score (nSPS) is 28.2. The number of fused-ring (bicyclic) bond motifs is 7. The molecule has 0 radical (unpaired) electrons. The van der Waals surface area contributed by atoms with Crippen molar-refractivity contribution in [3.8, 4) is 11.4 Å². The van der Waals surface area contributed by atoms with E-state index in [9.17, 15) is 29.1 Å². The fourth-order valence-electron chi connectivity index (χ4n) is 10.5. The Kier molecular flexibility index (Phi) is 10.5. The molecule has 1 aromatic carbocycles. The van der Waals surface area contributed by atoms with E-state index in [0.717, 1.165) is 59.6 Å². The molecule has 3 saturated carbocycles. The number of aliphatic hydroxyl groups excluding tert-OH is 1. The van der Waals surface area contributed by atoms with E-state index in [0.29, 0.717) is 60.9 Å². The number of aliphatic hydroxyl groups is 1. The number of aromatic nitrogens is 3. The monoisotopic (exact) mass is 713 g/mol. The maximum Gasteiger partial charge on any atom is 0.352 e. The van der Waals surface area contributed by atoms with Gasteiger partial charge < -0.3 is 19.1 Å². The lowest BCUT2D eigenvalue weighted by atomic mass is 9.47. The van der Waals surface area contributed by atoms with Crippen molar-refractivity contribution in [2.45, 2.75) is 110 Å². The van der Waals surface area contributed by atoms with Crippen molar-refractivity contribution in [3.05, 3.63) is 62.8 Å². The average Bonchev–Trinajstić information content (AvgIpc) is 3.51. The quantitative estimate of drug-likeness (QED) is 0.147. The first-order chi connectivity index (χ1) is 25.1. The highest BCUT2D eigenvalue weighted by molar-refractivity contribution is 5.92. The van der Waals surface area contributed by atoms with Gasteiger partial charge in [-0.15, -0.1) is 0 Å². The molecule has 1 N–H and O–H groups in total. The van der Waals surface area contributed by atoms with Crippen molar-refractivity contribution in [2.75, 3.05) is 13.2 Å². The number of carbonyl (C=O) groups excluding carboxylic acids is 3. The molecule has 278 valence electrons. The fraction of sp³-hybridized carbons (Fsp3) is 0.610. The minimum atomic E-state index is -0.660. The molecule has 4 unspecified atom stereocenters. The number of pyridine rings is 1. The van der Waals surface area contributed by atoms with E-state index in [1.807, 2.05) is 34.9 Å². The summed E-state index contributed by atoms with van der Waals surface area (Å²) in [6.07, 6.45) is 9.75. The summed E-state index contributed by atoms with van der Waals surface area (Å²) in [7, 11) is 0. The first-order valence-electron chi connectivity index (χ1n) is 19.4. The minimum Gasteiger partial charge on any atom is -0.466 e. The van der Waals surface area contributed by atoms with Gasteiger partial charge in [0, 0.05) is 31.4 Å². The zero-order chi connectivity index (χ0) is 36.6. The zero-order valence-electron chi connectivity index (χ0n) is 30.4. The third kappa shape index (κ3) is 6.88. The van der Waals surface area contributed by atoms with Gasteiger partial charge in [-0.25, -0.2) is 4.79 Å². The molecule has 2 aliphatic heterocycles. The molecule has 0 bridgehead atoms. The fourth-order valence-corrected chi connectivity index (χ4v) is 10.5. The highest BCUT2D eigenvalue weighted by Gasteiger charge is 2.56. The van der Waals surface area contributed by atoms with Crippen LogP contribution < -0.4 is 11.2 Å². The van der Waals surface area contributed by atoms with Gasteiger partial charge in [0.2, 0.25) is 0 Å². The second-order valence-corrected chi connectivity index (χ2v) is 15.7. The summed E-state index contributed by atoms with van der Waals surface area (Å²) in [6, 6.07) is 9.40. The van der Waals surface area contributed by atoms with Crippen LogP contribution in [0.4, 0.5) is 0 Å². The van der Waals surface area contributed by atoms with Gasteiger partial charge in [0.05, 0.1) is 31.3 Å². The predicted octanol–water partition coefficient (Wildman–Crippen LogP) is 5.45.